The van der Waals surface area contributed by atoms with Crippen molar-refractivity contribution in [2.24, 2.45) is 0 Å². The number of aliphatic carboxylic acids is 1. The summed E-state index contributed by atoms with van der Waals surface area (Å²) >= 11 is 0. The first-order chi connectivity index (χ1) is 18.5. The highest BCUT2D eigenvalue weighted by atomic mass is 19.4. The van der Waals surface area contributed by atoms with Gasteiger partial charge in [-0.05, 0) is 42.5 Å². The van der Waals surface area contributed by atoms with Gasteiger partial charge in [-0.25, -0.2) is 4.98 Å². The number of carboxylic acid groups (broad SMARTS) is 1. The zero-order chi connectivity index (χ0) is 28.0. The predicted octanol–water partition coefficient (Wildman–Crippen LogP) is 5.48. The molecule has 0 bridgehead atoms. The van der Waals surface area contributed by atoms with E-state index < -0.39 is 23.7 Å². The Hall–Kier alpha value is -5.20. The smallest absolute Gasteiger partial charge is 0.433 e. The molecule has 0 saturated carbocycles. The first kappa shape index (κ1) is 26.9. The van der Waals surface area contributed by atoms with Crippen molar-refractivity contribution in [3.8, 4) is 22.8 Å². The van der Waals surface area contributed by atoms with Crippen LogP contribution < -0.4 is 21.1 Å². The van der Waals surface area contributed by atoms with E-state index in [9.17, 15) is 22.8 Å². The average Bonchev–Trinajstić information content (AvgIpc) is 2.88. The highest BCUT2D eigenvalue weighted by Gasteiger charge is 2.32. The Balaban J connectivity index is 1.42. The number of halogens is 3. The Morgan fingerprint density at radius 3 is 2.26 bits per heavy atom. The van der Waals surface area contributed by atoms with E-state index >= 15 is 0 Å². The van der Waals surface area contributed by atoms with Crippen molar-refractivity contribution in [1.29, 1.82) is 0 Å². The number of pyridine rings is 1. The number of nitrogens with zero attached hydrogens (tertiary/aromatic N) is 3. The summed E-state index contributed by atoms with van der Waals surface area (Å²) in [4.78, 5) is 34.1. The lowest BCUT2D eigenvalue weighted by molar-refractivity contribution is -0.141. The van der Waals surface area contributed by atoms with Crippen LogP contribution in [0.3, 0.4) is 0 Å². The van der Waals surface area contributed by atoms with E-state index in [4.69, 9.17) is 15.6 Å². The lowest BCUT2D eigenvalue weighted by Crippen LogP contribution is -2.13. The maximum Gasteiger partial charge on any atom is 0.433 e. The molecule has 4 rings (SSSR count). The molecule has 0 radical (unpaired) electrons. The lowest BCUT2D eigenvalue weighted by atomic mass is 10.1. The molecule has 1 amide bonds. The van der Waals surface area contributed by atoms with Crippen LogP contribution in [0.5, 0.6) is 11.5 Å². The summed E-state index contributed by atoms with van der Waals surface area (Å²) in [6, 6.07) is 17.0. The molecule has 0 aliphatic rings. The normalized spacial score (nSPS) is 11.1. The summed E-state index contributed by atoms with van der Waals surface area (Å²) in [5, 5.41) is 14.4. The maximum atomic E-state index is 12.9. The summed E-state index contributed by atoms with van der Waals surface area (Å²) in [5.74, 6) is -0.745. The van der Waals surface area contributed by atoms with Gasteiger partial charge in [0.25, 0.3) is 0 Å². The minimum Gasteiger partial charge on any atom is -0.481 e. The van der Waals surface area contributed by atoms with Crippen molar-refractivity contribution in [1.82, 2.24) is 15.0 Å². The number of hydrogen-bond donors (Lipinski definition) is 4. The molecular weight excluding hydrogens is 517 g/mol. The van der Waals surface area contributed by atoms with Gasteiger partial charge in [0.05, 0.1) is 12.1 Å². The molecule has 0 fully saturated rings. The Bertz CT molecular complexity index is 1480. The number of amides is 1. The fourth-order valence-electron chi connectivity index (χ4n) is 3.37. The van der Waals surface area contributed by atoms with Crippen molar-refractivity contribution in [3.05, 3.63) is 78.6 Å². The number of anilines is 4. The molecular formula is C26H21F3N6O4. The number of nitrogens with one attached hydrogen (secondary N) is 2. The Labute approximate surface area is 219 Å². The van der Waals surface area contributed by atoms with Crippen molar-refractivity contribution in [2.45, 2.75) is 19.0 Å². The maximum absolute atomic E-state index is 12.9. The molecule has 2 heterocycles. The number of aromatic nitrogens is 3. The molecule has 200 valence electrons. The van der Waals surface area contributed by atoms with Crippen LogP contribution in [0.2, 0.25) is 0 Å². The fourth-order valence-corrected chi connectivity index (χ4v) is 3.37. The summed E-state index contributed by atoms with van der Waals surface area (Å²) < 4.78 is 44.1. The third kappa shape index (κ3) is 7.64. The van der Waals surface area contributed by atoms with Crippen LogP contribution in [0.1, 0.15) is 18.5 Å². The van der Waals surface area contributed by atoms with Gasteiger partial charge < -0.3 is 26.2 Å². The number of benzene rings is 2. The van der Waals surface area contributed by atoms with E-state index in [-0.39, 0.29) is 24.5 Å². The highest BCUT2D eigenvalue weighted by Crippen LogP contribution is 2.31. The molecule has 5 N–H and O–H groups in total. The summed E-state index contributed by atoms with van der Waals surface area (Å²) in [6.07, 6.45) is -3.95. The van der Waals surface area contributed by atoms with Crippen molar-refractivity contribution >= 4 is 35.0 Å². The Kier molecular flexibility index (Phi) is 7.89. The second-order valence-electron chi connectivity index (χ2n) is 8.14. The summed E-state index contributed by atoms with van der Waals surface area (Å²) in [6.45, 7) is 0. The van der Waals surface area contributed by atoms with Gasteiger partial charge in [-0.15, -0.1) is 0 Å². The number of rotatable bonds is 9. The fraction of sp³-hybridized carbons (Fsp3) is 0.115. The number of carbonyl (C=O) groups excluding carboxylic acids is 1. The number of ether oxygens (including phenoxy) is 1. The van der Waals surface area contributed by atoms with Crippen molar-refractivity contribution in [3.63, 3.8) is 0 Å². The topological polar surface area (TPSA) is 152 Å². The predicted molar refractivity (Wildman–Crippen MR) is 136 cm³/mol. The van der Waals surface area contributed by atoms with Crippen molar-refractivity contribution < 1.29 is 32.6 Å². The number of carbonyl (C=O) groups is 2. The van der Waals surface area contributed by atoms with Crippen LogP contribution in [0.4, 0.5) is 36.3 Å². The second kappa shape index (κ2) is 11.5. The third-order valence-corrected chi connectivity index (χ3v) is 5.16. The van der Waals surface area contributed by atoms with E-state index in [0.717, 1.165) is 12.3 Å². The van der Waals surface area contributed by atoms with E-state index in [1.165, 1.54) is 6.07 Å². The number of nitrogen functional groups attached to an aromatic ring is 1. The molecule has 2 aromatic heterocycles. The van der Waals surface area contributed by atoms with E-state index in [0.29, 0.717) is 34.2 Å². The van der Waals surface area contributed by atoms with Gasteiger partial charge in [0.15, 0.2) is 0 Å². The molecule has 0 atom stereocenters. The SMILES string of the molecule is Nc1nc(Nc2ccc(Oc3ccnc(C(F)(F)F)c3)cc2)cc(-c2ccc(NC(=O)CCC(=O)O)cc2)n1. The second-order valence-corrected chi connectivity index (χ2v) is 8.14. The number of carboxylic acids is 1. The number of alkyl halides is 3. The van der Waals surface area contributed by atoms with E-state index in [2.05, 4.69) is 25.6 Å². The van der Waals surface area contributed by atoms with Crippen LogP contribution in [0.15, 0.2) is 72.9 Å². The van der Waals surface area contributed by atoms with Crippen LogP contribution in [-0.2, 0) is 15.8 Å². The van der Waals surface area contributed by atoms with Crippen LogP contribution in [0, 0.1) is 0 Å². The Morgan fingerprint density at radius 2 is 1.59 bits per heavy atom. The summed E-state index contributed by atoms with van der Waals surface area (Å²) in [5.41, 5.74) is 7.14. The van der Waals surface area contributed by atoms with Gasteiger partial charge in [0.1, 0.15) is 23.0 Å². The van der Waals surface area contributed by atoms with Gasteiger partial charge >= 0.3 is 12.1 Å². The van der Waals surface area contributed by atoms with Gasteiger partial charge in [0, 0.05) is 41.7 Å². The summed E-state index contributed by atoms with van der Waals surface area (Å²) in [7, 11) is 0. The minimum atomic E-state index is -4.58. The Morgan fingerprint density at radius 1 is 0.897 bits per heavy atom. The first-order valence-electron chi connectivity index (χ1n) is 11.4. The van der Waals surface area contributed by atoms with Gasteiger partial charge in [-0.1, -0.05) is 12.1 Å². The molecule has 0 aliphatic heterocycles. The number of nitrogens with two attached hydrogens (primary N) is 1. The van der Waals surface area contributed by atoms with Gasteiger partial charge in [0.2, 0.25) is 11.9 Å². The van der Waals surface area contributed by atoms with Gasteiger partial charge in [-0.2, -0.15) is 18.2 Å². The monoisotopic (exact) mass is 538 g/mol. The molecule has 4 aromatic rings. The van der Waals surface area contributed by atoms with Crippen molar-refractivity contribution in [2.75, 3.05) is 16.4 Å². The quantitative estimate of drug-likeness (QED) is 0.217. The van der Waals surface area contributed by atoms with Crippen LogP contribution in [-0.4, -0.2) is 31.9 Å². The average molecular weight is 538 g/mol. The van der Waals surface area contributed by atoms with E-state index in [1.54, 1.807) is 54.6 Å². The molecule has 39 heavy (non-hydrogen) atoms. The zero-order valence-electron chi connectivity index (χ0n) is 20.1. The highest BCUT2D eigenvalue weighted by molar-refractivity contribution is 5.92. The van der Waals surface area contributed by atoms with Gasteiger partial charge in [-0.3, -0.25) is 14.6 Å². The zero-order valence-corrected chi connectivity index (χ0v) is 20.1. The largest absolute Gasteiger partial charge is 0.481 e. The molecule has 0 saturated heterocycles. The minimum absolute atomic E-state index is 0.00269. The molecule has 0 aliphatic carbocycles. The first-order valence-corrected chi connectivity index (χ1v) is 11.4. The molecule has 10 nitrogen and oxygen atoms in total. The molecule has 0 spiro atoms. The third-order valence-electron chi connectivity index (χ3n) is 5.16. The van der Waals surface area contributed by atoms with Crippen LogP contribution in [0.25, 0.3) is 11.3 Å². The molecule has 0 unspecified atom stereocenters. The lowest BCUT2D eigenvalue weighted by Gasteiger charge is -2.11. The van der Waals surface area contributed by atoms with Crippen LogP contribution >= 0.6 is 0 Å². The molecule has 13 heteroatoms. The number of hydrogen-bond acceptors (Lipinski definition) is 8. The molecule has 2 aromatic carbocycles. The van der Waals surface area contributed by atoms with E-state index in [1.807, 2.05) is 0 Å². The standard InChI is InChI=1S/C26H21F3N6O4/c27-26(28,29)21-13-19(11-12-31-21)39-18-7-5-16(6-8-18)32-22-14-20(34-25(30)35-22)15-1-3-17(4-2-15)33-23(36)9-10-24(37)38/h1-8,11-14H,9-10H2,(H,33,36)(H,37,38)(H3,30,32,34,35).